The molecular weight excluding hydrogens is 264 g/mol. The van der Waals surface area contributed by atoms with Crippen LogP contribution in [0.2, 0.25) is 0 Å². The Morgan fingerprint density at radius 3 is 2.33 bits per heavy atom. The van der Waals surface area contributed by atoms with Gasteiger partial charge in [-0.05, 0) is 25.5 Å². The number of hydrogen-bond donors (Lipinski definition) is 0. The summed E-state index contributed by atoms with van der Waals surface area (Å²) in [5, 5.41) is 0. The second kappa shape index (κ2) is 10.0. The van der Waals surface area contributed by atoms with E-state index < -0.39 is 5.97 Å². The maximum absolute atomic E-state index is 11.6. The van der Waals surface area contributed by atoms with E-state index in [1.54, 1.807) is 13.0 Å². The maximum atomic E-state index is 11.6. The van der Waals surface area contributed by atoms with E-state index in [1.165, 1.54) is 32.1 Å². The van der Waals surface area contributed by atoms with Gasteiger partial charge in [-0.2, -0.15) is 0 Å². The van der Waals surface area contributed by atoms with Gasteiger partial charge < -0.3 is 9.47 Å². The van der Waals surface area contributed by atoms with E-state index in [4.69, 9.17) is 9.47 Å². The van der Waals surface area contributed by atoms with Gasteiger partial charge in [0.1, 0.15) is 0 Å². The van der Waals surface area contributed by atoms with Crippen molar-refractivity contribution in [3.05, 3.63) is 36.4 Å². The van der Waals surface area contributed by atoms with Crippen molar-refractivity contribution in [3.63, 3.8) is 0 Å². The van der Waals surface area contributed by atoms with E-state index in [0.29, 0.717) is 23.7 Å². The molecule has 0 radical (unpaired) electrons. The molecule has 0 spiro atoms. The molecule has 0 unspecified atom stereocenters. The van der Waals surface area contributed by atoms with E-state index in [-0.39, 0.29) is 0 Å². The summed E-state index contributed by atoms with van der Waals surface area (Å²) < 4.78 is 11.0. The van der Waals surface area contributed by atoms with Crippen molar-refractivity contribution in [1.29, 1.82) is 0 Å². The number of ether oxygens (including phenoxy) is 2. The molecule has 0 aliphatic heterocycles. The Kier molecular flexibility index (Phi) is 8.25. The summed E-state index contributed by atoms with van der Waals surface area (Å²) >= 11 is 0. The molecule has 3 heteroatoms. The number of benzene rings is 1. The fourth-order valence-electron chi connectivity index (χ4n) is 1.91. The zero-order valence-electron chi connectivity index (χ0n) is 13.2. The monoisotopic (exact) mass is 290 g/mol. The predicted molar refractivity (Wildman–Crippen MR) is 85.8 cm³/mol. The average Bonchev–Trinajstić information content (AvgIpc) is 2.47. The van der Waals surface area contributed by atoms with Gasteiger partial charge in [0.25, 0.3) is 0 Å². The summed E-state index contributed by atoms with van der Waals surface area (Å²) in [7, 11) is 0. The van der Waals surface area contributed by atoms with Gasteiger partial charge >= 0.3 is 5.97 Å². The third-order valence-corrected chi connectivity index (χ3v) is 3.16. The molecule has 0 saturated carbocycles. The third-order valence-electron chi connectivity index (χ3n) is 3.16. The Labute approximate surface area is 128 Å². The van der Waals surface area contributed by atoms with Gasteiger partial charge in [-0.3, -0.25) is 0 Å². The number of esters is 1. The molecule has 21 heavy (non-hydrogen) atoms. The number of carbonyl (C=O) groups is 1. The Morgan fingerprint density at radius 2 is 1.67 bits per heavy atom. The number of unbranched alkanes of at least 4 members (excludes halogenated alkanes) is 5. The van der Waals surface area contributed by atoms with Crippen molar-refractivity contribution < 1.29 is 14.3 Å². The molecule has 0 bridgehead atoms. The first-order valence-corrected chi connectivity index (χ1v) is 7.74. The third kappa shape index (κ3) is 6.98. The fourth-order valence-corrected chi connectivity index (χ4v) is 1.91. The minimum atomic E-state index is -0.425. The summed E-state index contributed by atoms with van der Waals surface area (Å²) in [5.74, 6) is 0.641. The topological polar surface area (TPSA) is 35.5 Å². The zero-order chi connectivity index (χ0) is 15.5. The summed E-state index contributed by atoms with van der Waals surface area (Å²) in [5.41, 5.74) is 0.376. The van der Waals surface area contributed by atoms with Gasteiger partial charge in [0.2, 0.25) is 0 Å². The smallest absolute Gasteiger partial charge is 0.338 e. The summed E-state index contributed by atoms with van der Waals surface area (Å²) in [4.78, 5) is 11.6. The Hall–Kier alpha value is -1.77. The first-order valence-electron chi connectivity index (χ1n) is 7.74. The molecule has 0 amide bonds. The van der Waals surface area contributed by atoms with E-state index >= 15 is 0 Å². The number of carbonyl (C=O) groups excluding carboxylic acids is 1. The first kappa shape index (κ1) is 17.3. The minimum Gasteiger partial charge on any atom is -0.490 e. The number of hydrogen-bond acceptors (Lipinski definition) is 3. The van der Waals surface area contributed by atoms with E-state index in [0.717, 1.165) is 6.42 Å². The number of para-hydroxylation sites is 2. The van der Waals surface area contributed by atoms with Gasteiger partial charge in [0.15, 0.2) is 11.5 Å². The Morgan fingerprint density at radius 1 is 1.05 bits per heavy atom. The van der Waals surface area contributed by atoms with Crippen LogP contribution in [0.5, 0.6) is 11.5 Å². The van der Waals surface area contributed by atoms with Crippen LogP contribution in [0.4, 0.5) is 0 Å². The minimum absolute atomic E-state index is 0.376. The average molecular weight is 290 g/mol. The molecule has 0 aromatic heterocycles. The highest BCUT2D eigenvalue weighted by atomic mass is 16.6. The predicted octanol–water partition coefficient (Wildman–Crippen LogP) is 4.91. The van der Waals surface area contributed by atoms with Crippen LogP contribution in [0, 0.1) is 0 Å². The van der Waals surface area contributed by atoms with Crippen LogP contribution in [0.3, 0.4) is 0 Å². The van der Waals surface area contributed by atoms with Gasteiger partial charge in [-0.25, -0.2) is 4.79 Å². The molecule has 0 N–H and O–H groups in total. The van der Waals surface area contributed by atoms with Crippen LogP contribution in [-0.2, 0) is 4.79 Å². The zero-order valence-corrected chi connectivity index (χ0v) is 13.2. The molecule has 0 fully saturated rings. The fraction of sp³-hybridized carbons (Fsp3) is 0.500. The van der Waals surface area contributed by atoms with Crippen LogP contribution in [0.25, 0.3) is 0 Å². The molecule has 1 rings (SSSR count). The lowest BCUT2D eigenvalue weighted by molar-refractivity contribution is -0.130. The SMILES string of the molecule is C=C(C)C(=O)Oc1ccccc1OCCCCCCCC. The Balaban J connectivity index is 2.37. The highest BCUT2D eigenvalue weighted by Gasteiger charge is 2.10. The molecule has 0 aliphatic rings. The summed E-state index contributed by atoms with van der Waals surface area (Å²) in [6, 6.07) is 7.24. The highest BCUT2D eigenvalue weighted by Crippen LogP contribution is 2.27. The highest BCUT2D eigenvalue weighted by molar-refractivity contribution is 5.89. The Bertz CT molecular complexity index is 452. The maximum Gasteiger partial charge on any atom is 0.338 e. The van der Waals surface area contributed by atoms with E-state index in [1.807, 2.05) is 18.2 Å². The summed E-state index contributed by atoms with van der Waals surface area (Å²) in [6.07, 6.45) is 7.31. The molecule has 3 nitrogen and oxygen atoms in total. The van der Waals surface area contributed by atoms with Crippen molar-refractivity contribution in [2.24, 2.45) is 0 Å². The number of rotatable bonds is 10. The van der Waals surface area contributed by atoms with Crippen LogP contribution in [0.15, 0.2) is 36.4 Å². The van der Waals surface area contributed by atoms with Gasteiger partial charge in [-0.15, -0.1) is 0 Å². The molecule has 0 heterocycles. The standard InChI is InChI=1S/C18H26O3/c1-4-5-6-7-8-11-14-20-16-12-9-10-13-17(16)21-18(19)15(2)3/h9-10,12-13H,2,4-8,11,14H2,1,3H3. The second-order valence-corrected chi connectivity index (χ2v) is 5.23. The van der Waals surface area contributed by atoms with Crippen molar-refractivity contribution in [3.8, 4) is 11.5 Å². The van der Waals surface area contributed by atoms with Crippen molar-refractivity contribution in [2.45, 2.75) is 52.4 Å². The lowest BCUT2D eigenvalue weighted by Crippen LogP contribution is -2.09. The lowest BCUT2D eigenvalue weighted by atomic mass is 10.1. The largest absolute Gasteiger partial charge is 0.490 e. The van der Waals surface area contributed by atoms with Crippen molar-refractivity contribution >= 4 is 5.97 Å². The molecule has 0 aliphatic carbocycles. The van der Waals surface area contributed by atoms with Crippen LogP contribution in [0.1, 0.15) is 52.4 Å². The van der Waals surface area contributed by atoms with Gasteiger partial charge in [0, 0.05) is 5.57 Å². The molecule has 1 aromatic rings. The van der Waals surface area contributed by atoms with Crippen LogP contribution >= 0.6 is 0 Å². The van der Waals surface area contributed by atoms with Gasteiger partial charge in [0.05, 0.1) is 6.61 Å². The van der Waals surface area contributed by atoms with E-state index in [9.17, 15) is 4.79 Å². The quantitative estimate of drug-likeness (QED) is 0.266. The molecular formula is C18H26O3. The summed E-state index contributed by atoms with van der Waals surface area (Å²) in [6.45, 7) is 8.06. The normalized spacial score (nSPS) is 10.2. The van der Waals surface area contributed by atoms with Crippen LogP contribution < -0.4 is 9.47 Å². The first-order chi connectivity index (χ1) is 10.1. The van der Waals surface area contributed by atoms with Crippen molar-refractivity contribution in [2.75, 3.05) is 6.61 Å². The van der Waals surface area contributed by atoms with Crippen LogP contribution in [-0.4, -0.2) is 12.6 Å². The van der Waals surface area contributed by atoms with Crippen molar-refractivity contribution in [1.82, 2.24) is 0 Å². The second-order valence-electron chi connectivity index (χ2n) is 5.23. The van der Waals surface area contributed by atoms with Gasteiger partial charge in [-0.1, -0.05) is 57.7 Å². The van der Waals surface area contributed by atoms with E-state index in [2.05, 4.69) is 13.5 Å². The lowest BCUT2D eigenvalue weighted by Gasteiger charge is -2.11. The molecule has 116 valence electrons. The molecule has 0 atom stereocenters. The molecule has 0 saturated heterocycles. The molecule has 1 aromatic carbocycles.